The van der Waals surface area contributed by atoms with E-state index in [0.29, 0.717) is 36.6 Å². The van der Waals surface area contributed by atoms with Crippen LogP contribution in [0, 0.1) is 5.92 Å². The standard InChI is InChI=1S/C30H31Cl2N3O4S/c31-26-14-13-24(19-25(26)30(37)34-17-15-23(16-18-34)33-29(36)22-9-6-10-22)40(38,39)35(20-21-7-2-1-3-8-21)28-12-5-4-11-27(28)32/h1-5,7-8,11-14,19,22-23H,6,9-10,15-18,20H2,(H,33,36). The summed E-state index contributed by atoms with van der Waals surface area (Å²) >= 11 is 12.9. The summed E-state index contributed by atoms with van der Waals surface area (Å²) in [6.45, 7) is 0.946. The number of piperidine rings is 1. The highest BCUT2D eigenvalue weighted by Gasteiger charge is 2.32. The van der Waals surface area contributed by atoms with E-state index in [1.165, 1.54) is 22.5 Å². The van der Waals surface area contributed by atoms with Crippen LogP contribution >= 0.6 is 23.2 Å². The van der Waals surface area contributed by atoms with Crippen molar-refractivity contribution in [1.29, 1.82) is 0 Å². The monoisotopic (exact) mass is 599 g/mol. The molecule has 1 N–H and O–H groups in total. The van der Waals surface area contributed by atoms with Gasteiger partial charge in [-0.05, 0) is 61.6 Å². The van der Waals surface area contributed by atoms with Crippen LogP contribution in [0.2, 0.25) is 10.0 Å². The first-order chi connectivity index (χ1) is 19.2. The largest absolute Gasteiger partial charge is 0.353 e. The number of benzene rings is 3. The summed E-state index contributed by atoms with van der Waals surface area (Å²) in [6.07, 6.45) is 4.26. The number of nitrogens with zero attached hydrogens (tertiary/aromatic N) is 2. The Morgan fingerprint density at radius 3 is 2.20 bits per heavy atom. The maximum atomic E-state index is 14.0. The van der Waals surface area contributed by atoms with Gasteiger partial charge in [-0.2, -0.15) is 0 Å². The van der Waals surface area contributed by atoms with Crippen LogP contribution in [0.5, 0.6) is 0 Å². The average molecular weight is 601 g/mol. The highest BCUT2D eigenvalue weighted by Crippen LogP contribution is 2.33. The lowest BCUT2D eigenvalue weighted by Crippen LogP contribution is -2.48. The number of halogens is 2. The quantitative estimate of drug-likeness (QED) is 0.349. The number of amides is 2. The summed E-state index contributed by atoms with van der Waals surface area (Å²) < 4.78 is 29.3. The van der Waals surface area contributed by atoms with Gasteiger partial charge in [-0.15, -0.1) is 0 Å². The number of hydrogen-bond donors (Lipinski definition) is 1. The van der Waals surface area contributed by atoms with Gasteiger partial charge >= 0.3 is 0 Å². The zero-order valence-electron chi connectivity index (χ0n) is 21.9. The molecule has 2 amide bonds. The van der Waals surface area contributed by atoms with Crippen molar-refractivity contribution < 1.29 is 18.0 Å². The second-order valence-electron chi connectivity index (χ2n) is 10.3. The summed E-state index contributed by atoms with van der Waals surface area (Å²) in [7, 11) is -4.13. The number of nitrogens with one attached hydrogen (secondary N) is 1. The number of anilines is 1. The molecule has 2 aliphatic rings. The van der Waals surface area contributed by atoms with Crippen LogP contribution < -0.4 is 9.62 Å². The second kappa shape index (κ2) is 12.2. The Hall–Kier alpha value is -3.07. The van der Waals surface area contributed by atoms with Crippen molar-refractivity contribution in [3.8, 4) is 0 Å². The minimum atomic E-state index is -4.13. The van der Waals surface area contributed by atoms with Gasteiger partial charge in [0.25, 0.3) is 15.9 Å². The summed E-state index contributed by atoms with van der Waals surface area (Å²) in [6, 6.07) is 20.2. The van der Waals surface area contributed by atoms with Crippen molar-refractivity contribution in [3.05, 3.63) is 94.0 Å². The molecule has 2 fully saturated rings. The molecule has 1 saturated carbocycles. The Morgan fingerprint density at radius 2 is 1.55 bits per heavy atom. The van der Waals surface area contributed by atoms with Crippen LogP contribution in [0.4, 0.5) is 5.69 Å². The van der Waals surface area contributed by atoms with E-state index < -0.39 is 10.0 Å². The van der Waals surface area contributed by atoms with Gasteiger partial charge in [0.1, 0.15) is 0 Å². The lowest BCUT2D eigenvalue weighted by atomic mass is 9.84. The first-order valence-electron chi connectivity index (χ1n) is 13.4. The molecular formula is C30H31Cl2N3O4S. The molecule has 0 unspecified atom stereocenters. The minimum Gasteiger partial charge on any atom is -0.353 e. The molecule has 0 atom stereocenters. The zero-order chi connectivity index (χ0) is 28.3. The van der Waals surface area contributed by atoms with Crippen molar-refractivity contribution in [3.63, 3.8) is 0 Å². The van der Waals surface area contributed by atoms with Crippen molar-refractivity contribution >= 4 is 50.7 Å². The summed E-state index contributed by atoms with van der Waals surface area (Å²) in [4.78, 5) is 27.4. The lowest BCUT2D eigenvalue weighted by Gasteiger charge is -2.34. The molecular weight excluding hydrogens is 569 g/mol. The third kappa shape index (κ3) is 6.14. The van der Waals surface area contributed by atoms with Gasteiger partial charge in [-0.25, -0.2) is 8.42 Å². The fourth-order valence-electron chi connectivity index (χ4n) is 5.05. The van der Waals surface area contributed by atoms with E-state index >= 15 is 0 Å². The minimum absolute atomic E-state index is 0.0292. The van der Waals surface area contributed by atoms with Crippen LogP contribution in [0.3, 0.4) is 0 Å². The summed E-state index contributed by atoms with van der Waals surface area (Å²) in [5, 5.41) is 3.58. The Bertz CT molecular complexity index is 1490. The summed E-state index contributed by atoms with van der Waals surface area (Å²) in [5.74, 6) is -0.107. The molecule has 1 aliphatic heterocycles. The smallest absolute Gasteiger partial charge is 0.264 e. The molecule has 0 spiro atoms. The van der Waals surface area contributed by atoms with Crippen LogP contribution in [-0.2, 0) is 21.4 Å². The molecule has 1 aliphatic carbocycles. The second-order valence-corrected chi connectivity index (χ2v) is 13.0. The fraction of sp³-hybridized carbons (Fsp3) is 0.333. The maximum absolute atomic E-state index is 14.0. The molecule has 0 radical (unpaired) electrons. The van der Waals surface area contributed by atoms with E-state index in [9.17, 15) is 18.0 Å². The molecule has 1 heterocycles. The number of carbonyl (C=O) groups excluding carboxylic acids is 2. The number of likely N-dealkylation sites (tertiary alicyclic amines) is 1. The third-order valence-corrected chi connectivity index (χ3v) is 10.1. The third-order valence-electron chi connectivity index (χ3n) is 7.65. The highest BCUT2D eigenvalue weighted by atomic mass is 35.5. The maximum Gasteiger partial charge on any atom is 0.264 e. The Balaban J connectivity index is 1.37. The first-order valence-corrected chi connectivity index (χ1v) is 15.6. The molecule has 0 aromatic heterocycles. The molecule has 1 saturated heterocycles. The van der Waals surface area contributed by atoms with Crippen molar-refractivity contribution in [1.82, 2.24) is 10.2 Å². The molecule has 40 heavy (non-hydrogen) atoms. The van der Waals surface area contributed by atoms with E-state index in [0.717, 1.165) is 24.8 Å². The van der Waals surface area contributed by atoms with E-state index in [4.69, 9.17) is 23.2 Å². The van der Waals surface area contributed by atoms with Gasteiger partial charge in [0.15, 0.2) is 0 Å². The normalized spacial score (nSPS) is 16.3. The zero-order valence-corrected chi connectivity index (χ0v) is 24.3. The van der Waals surface area contributed by atoms with Gasteiger partial charge < -0.3 is 10.2 Å². The van der Waals surface area contributed by atoms with E-state index in [2.05, 4.69) is 5.32 Å². The van der Waals surface area contributed by atoms with Gasteiger partial charge in [0.05, 0.1) is 32.7 Å². The number of hydrogen-bond acceptors (Lipinski definition) is 4. The highest BCUT2D eigenvalue weighted by molar-refractivity contribution is 7.92. The van der Waals surface area contributed by atoms with Crippen LogP contribution in [0.25, 0.3) is 0 Å². The van der Waals surface area contributed by atoms with Crippen molar-refractivity contribution in [2.75, 3.05) is 17.4 Å². The SMILES string of the molecule is O=C(NC1CCN(C(=O)c2cc(S(=O)(=O)N(Cc3ccccc3)c3ccccc3Cl)ccc2Cl)CC1)C1CCC1. The predicted molar refractivity (Wildman–Crippen MR) is 157 cm³/mol. The summed E-state index contributed by atoms with van der Waals surface area (Å²) in [5.41, 5.74) is 1.24. The molecule has 210 valence electrons. The van der Waals surface area contributed by atoms with Crippen molar-refractivity contribution in [2.24, 2.45) is 5.92 Å². The Morgan fingerprint density at radius 1 is 0.875 bits per heavy atom. The van der Waals surface area contributed by atoms with Crippen LogP contribution in [0.15, 0.2) is 77.7 Å². The van der Waals surface area contributed by atoms with Gasteiger partial charge in [-0.3, -0.25) is 13.9 Å². The van der Waals surface area contributed by atoms with Gasteiger partial charge in [0, 0.05) is 25.0 Å². The molecule has 3 aromatic rings. The van der Waals surface area contributed by atoms with Crippen LogP contribution in [-0.4, -0.2) is 44.3 Å². The first kappa shape index (κ1) is 28.5. The fourth-order valence-corrected chi connectivity index (χ4v) is 7.03. The molecule has 0 bridgehead atoms. The molecule has 5 rings (SSSR count). The van der Waals surface area contributed by atoms with E-state index in [1.54, 1.807) is 29.2 Å². The number of para-hydroxylation sites is 1. The van der Waals surface area contributed by atoms with Gasteiger partial charge in [-0.1, -0.05) is 72.1 Å². The van der Waals surface area contributed by atoms with Crippen LogP contribution in [0.1, 0.15) is 48.0 Å². The molecule has 7 nitrogen and oxygen atoms in total. The Labute approximate surface area is 245 Å². The number of carbonyl (C=O) groups is 2. The topological polar surface area (TPSA) is 86.8 Å². The predicted octanol–water partition coefficient (Wildman–Crippen LogP) is 5.91. The van der Waals surface area contributed by atoms with Crippen molar-refractivity contribution in [2.45, 2.75) is 49.6 Å². The molecule has 10 heteroatoms. The van der Waals surface area contributed by atoms with E-state index in [1.807, 2.05) is 30.3 Å². The number of rotatable bonds is 8. The van der Waals surface area contributed by atoms with Gasteiger partial charge in [0.2, 0.25) is 5.91 Å². The van der Waals surface area contributed by atoms with E-state index in [-0.39, 0.29) is 45.8 Å². The average Bonchev–Trinajstić information content (AvgIpc) is 2.92. The Kier molecular flexibility index (Phi) is 8.68. The number of sulfonamides is 1. The lowest BCUT2D eigenvalue weighted by molar-refractivity contribution is -0.128. The molecule has 3 aromatic carbocycles.